The molecule has 1 saturated heterocycles. The molecular weight excluding hydrogens is 675 g/mol. The molecule has 15 heteroatoms. The van der Waals surface area contributed by atoms with Gasteiger partial charge in [0.1, 0.15) is 41.2 Å². The van der Waals surface area contributed by atoms with Gasteiger partial charge in [-0.15, -0.1) is 0 Å². The van der Waals surface area contributed by atoms with E-state index in [1.165, 1.54) is 31.2 Å². The molecule has 6 rings (SSSR count). The molecule has 0 radical (unpaired) electrons. The highest BCUT2D eigenvalue weighted by Gasteiger charge is 2.38. The van der Waals surface area contributed by atoms with Gasteiger partial charge in [0.05, 0.1) is 18.0 Å². The number of pyridine rings is 1. The van der Waals surface area contributed by atoms with Gasteiger partial charge in [-0.2, -0.15) is 13.2 Å². The first-order valence-electron chi connectivity index (χ1n) is 15.4. The lowest BCUT2D eigenvalue weighted by atomic mass is 9.93. The number of hydrogen-bond acceptors (Lipinski definition) is 5. The van der Waals surface area contributed by atoms with Gasteiger partial charge in [0.2, 0.25) is 5.91 Å². The van der Waals surface area contributed by atoms with E-state index >= 15 is 8.78 Å². The Hall–Kier alpha value is -5.18. The van der Waals surface area contributed by atoms with Crippen LogP contribution in [0.2, 0.25) is 0 Å². The third-order valence-corrected chi connectivity index (χ3v) is 8.70. The first-order valence-corrected chi connectivity index (χ1v) is 15.4. The van der Waals surface area contributed by atoms with Crippen LogP contribution in [0.1, 0.15) is 46.3 Å². The van der Waals surface area contributed by atoms with Gasteiger partial charge in [-0.05, 0) is 78.6 Å². The molecule has 1 amide bonds. The molecule has 2 atom stereocenters. The van der Waals surface area contributed by atoms with Crippen LogP contribution in [0, 0.1) is 24.4 Å². The predicted octanol–water partition coefficient (Wildman–Crippen LogP) is 6.48. The zero-order valence-corrected chi connectivity index (χ0v) is 26.2. The van der Waals surface area contributed by atoms with Crippen molar-refractivity contribution in [1.82, 2.24) is 14.8 Å². The number of amides is 1. The van der Waals surface area contributed by atoms with Crippen LogP contribution >= 0.6 is 0 Å². The number of aliphatic carboxylic acids is 1. The first-order chi connectivity index (χ1) is 23.6. The first kappa shape index (κ1) is 34.7. The number of likely N-dealkylation sites (tertiary alicyclic amines) is 1. The van der Waals surface area contributed by atoms with E-state index in [-0.39, 0.29) is 65.9 Å². The molecule has 3 heterocycles. The van der Waals surface area contributed by atoms with Crippen LogP contribution in [0.3, 0.4) is 0 Å². The number of alkyl halides is 4. The Kier molecular flexibility index (Phi) is 9.20. The number of carbonyl (C=O) groups is 2. The van der Waals surface area contributed by atoms with Crippen molar-refractivity contribution < 1.29 is 50.2 Å². The Bertz CT molecular complexity index is 2060. The second-order valence-electron chi connectivity index (χ2n) is 12.2. The lowest BCUT2D eigenvalue weighted by Crippen LogP contribution is -2.49. The van der Waals surface area contributed by atoms with Crippen molar-refractivity contribution in [1.29, 1.82) is 0 Å². The second kappa shape index (κ2) is 13.3. The standard InChI is InChI=1S/C35H28F7N3O5/c1-17-8-19-9-25(32(17)39)28(13-31(47)48)43-34(49)33(24-11-22(3-4-27(24)38)50-29-5-2-20(36)10-23(19)29)45-14-18(6-7-44-15-21(37)16-44)26(12-30(45)46)35(40,41)42/h2-5,8-12,14,21,28,33H,6-7,13,15-16H2,1H3,(H,43,49)(H,47,48)/t28-,33-/m1/s1. The number of ether oxygens (including phenoxy) is 1. The number of aryl methyl sites for hydroxylation is 1. The number of nitrogens with zero attached hydrogens (tertiary/aromatic N) is 2. The van der Waals surface area contributed by atoms with Crippen molar-refractivity contribution in [3.05, 3.63) is 116 Å². The maximum atomic E-state index is 15.8. The van der Waals surface area contributed by atoms with Crippen molar-refractivity contribution >= 4 is 11.9 Å². The maximum Gasteiger partial charge on any atom is 0.416 e. The van der Waals surface area contributed by atoms with Gasteiger partial charge >= 0.3 is 12.1 Å². The molecule has 0 saturated carbocycles. The van der Waals surface area contributed by atoms with Crippen molar-refractivity contribution in [3.8, 4) is 22.6 Å². The van der Waals surface area contributed by atoms with Crippen molar-refractivity contribution in [2.24, 2.45) is 0 Å². The molecule has 0 spiro atoms. The molecule has 0 aliphatic carbocycles. The molecule has 50 heavy (non-hydrogen) atoms. The van der Waals surface area contributed by atoms with Gasteiger partial charge in [-0.3, -0.25) is 23.9 Å². The highest BCUT2D eigenvalue weighted by molar-refractivity contribution is 5.85. The van der Waals surface area contributed by atoms with E-state index in [2.05, 4.69) is 5.32 Å². The van der Waals surface area contributed by atoms with Crippen LogP contribution in [0.5, 0.6) is 11.5 Å². The van der Waals surface area contributed by atoms with Crippen LogP contribution in [-0.4, -0.2) is 52.3 Å². The third-order valence-electron chi connectivity index (χ3n) is 8.70. The lowest BCUT2D eigenvalue weighted by Gasteiger charge is -2.34. The van der Waals surface area contributed by atoms with E-state index in [1.807, 2.05) is 0 Å². The molecule has 3 aromatic carbocycles. The highest BCUT2D eigenvalue weighted by Crippen LogP contribution is 2.39. The fourth-order valence-corrected chi connectivity index (χ4v) is 6.25. The normalized spacial score (nSPS) is 18.1. The molecule has 2 aliphatic heterocycles. The summed E-state index contributed by atoms with van der Waals surface area (Å²) < 4.78 is 108. The summed E-state index contributed by atoms with van der Waals surface area (Å²) >= 11 is 0. The maximum absolute atomic E-state index is 15.8. The molecule has 0 unspecified atom stereocenters. The molecule has 2 aliphatic rings. The van der Waals surface area contributed by atoms with E-state index in [9.17, 15) is 41.4 Å². The molecule has 8 nitrogen and oxygen atoms in total. The number of hydrogen-bond donors (Lipinski definition) is 2. The van der Waals surface area contributed by atoms with Gasteiger partial charge in [0, 0.05) is 48.6 Å². The molecule has 1 fully saturated rings. The quantitative estimate of drug-likeness (QED) is 0.223. The van der Waals surface area contributed by atoms with E-state index in [0.717, 1.165) is 30.5 Å². The summed E-state index contributed by atoms with van der Waals surface area (Å²) in [5, 5.41) is 12.1. The van der Waals surface area contributed by atoms with Crippen LogP contribution in [0.25, 0.3) is 11.1 Å². The van der Waals surface area contributed by atoms with Crippen LogP contribution < -0.4 is 15.6 Å². The smallest absolute Gasteiger partial charge is 0.416 e. The summed E-state index contributed by atoms with van der Waals surface area (Å²) in [5.74, 6) is -5.58. The number of aromatic nitrogens is 1. The summed E-state index contributed by atoms with van der Waals surface area (Å²) in [4.78, 5) is 41.2. The van der Waals surface area contributed by atoms with E-state index in [1.54, 1.807) is 4.90 Å². The molecule has 1 aromatic heterocycles. The predicted molar refractivity (Wildman–Crippen MR) is 165 cm³/mol. The number of halogens is 7. The minimum atomic E-state index is -5.00. The van der Waals surface area contributed by atoms with Crippen LogP contribution in [-0.2, 0) is 22.2 Å². The minimum absolute atomic E-state index is 0.00118. The summed E-state index contributed by atoms with van der Waals surface area (Å²) in [5.41, 5.74) is -3.75. The van der Waals surface area contributed by atoms with E-state index in [0.29, 0.717) is 4.57 Å². The number of nitrogens with one attached hydrogen (secondary N) is 1. The number of carboxylic acid groups (broad SMARTS) is 1. The Morgan fingerprint density at radius 1 is 1.00 bits per heavy atom. The van der Waals surface area contributed by atoms with Gasteiger partial charge in [-0.25, -0.2) is 17.6 Å². The Balaban J connectivity index is 1.57. The molecular formula is C35H28F7N3O5. The monoisotopic (exact) mass is 703 g/mol. The minimum Gasteiger partial charge on any atom is -0.481 e. The Morgan fingerprint density at radius 3 is 2.42 bits per heavy atom. The van der Waals surface area contributed by atoms with E-state index < -0.39 is 82.4 Å². The zero-order valence-electron chi connectivity index (χ0n) is 26.2. The fraction of sp³-hybridized carbons (Fsp3) is 0.286. The summed E-state index contributed by atoms with van der Waals surface area (Å²) in [6, 6.07) is 5.58. The SMILES string of the molecule is Cc1cc2cc(c1F)[C@@H](CC(=O)O)NC(=O)[C@H](n1cc(CCN3CC(F)C3)c(C(F)(F)F)cc1=O)c1cc(ccc1F)Oc1ccc(F)cc1-2. The summed E-state index contributed by atoms with van der Waals surface area (Å²) in [6.07, 6.45) is -6.61. The average molecular weight is 704 g/mol. The topological polar surface area (TPSA) is 101 Å². The number of rotatable bonds is 6. The number of fused-ring (bicyclic) bond motifs is 6. The molecule has 2 N–H and O–H groups in total. The van der Waals surface area contributed by atoms with Crippen molar-refractivity contribution in [3.63, 3.8) is 0 Å². The molecule has 4 bridgehead atoms. The Labute approximate surface area is 279 Å². The fourth-order valence-electron chi connectivity index (χ4n) is 6.25. The van der Waals surface area contributed by atoms with Gasteiger partial charge in [0.25, 0.3) is 5.56 Å². The van der Waals surface area contributed by atoms with Gasteiger partial charge in [0.15, 0.2) is 0 Å². The van der Waals surface area contributed by atoms with Crippen LogP contribution in [0.15, 0.2) is 65.6 Å². The van der Waals surface area contributed by atoms with Gasteiger partial charge < -0.3 is 15.2 Å². The second-order valence-corrected chi connectivity index (χ2v) is 12.2. The number of carbonyl (C=O) groups excluding carboxylic acids is 1. The lowest BCUT2D eigenvalue weighted by molar-refractivity contribution is -0.139. The number of benzene rings is 3. The largest absolute Gasteiger partial charge is 0.481 e. The molecule has 4 aromatic rings. The van der Waals surface area contributed by atoms with Crippen molar-refractivity contribution in [2.45, 2.75) is 44.2 Å². The van der Waals surface area contributed by atoms with Crippen LogP contribution in [0.4, 0.5) is 30.7 Å². The van der Waals surface area contributed by atoms with Gasteiger partial charge in [-0.1, -0.05) is 0 Å². The third kappa shape index (κ3) is 6.95. The highest BCUT2D eigenvalue weighted by atomic mass is 19.4. The summed E-state index contributed by atoms with van der Waals surface area (Å²) in [7, 11) is 0. The van der Waals surface area contributed by atoms with Crippen molar-refractivity contribution in [2.75, 3.05) is 19.6 Å². The zero-order chi connectivity index (χ0) is 36.1. The Morgan fingerprint density at radius 2 is 1.74 bits per heavy atom. The summed E-state index contributed by atoms with van der Waals surface area (Å²) in [6.45, 7) is 1.34. The average Bonchev–Trinajstić information content (AvgIpc) is 3.02. The van der Waals surface area contributed by atoms with E-state index in [4.69, 9.17) is 4.74 Å². The number of carboxylic acids is 1. The molecule has 262 valence electrons.